The van der Waals surface area contributed by atoms with Gasteiger partial charge in [-0.3, -0.25) is 14.4 Å². The highest BCUT2D eigenvalue weighted by molar-refractivity contribution is 6.30. The van der Waals surface area contributed by atoms with Crippen LogP contribution in [-0.2, 0) is 20.8 Å². The largest absolute Gasteiger partial charge is 0.342 e. The Balaban J connectivity index is 1.86. The Hall–Kier alpha value is -2.08. The average molecular weight is 352 g/mol. The van der Waals surface area contributed by atoms with Crippen molar-refractivity contribution in [3.8, 4) is 0 Å². The van der Waals surface area contributed by atoms with E-state index in [4.69, 9.17) is 11.6 Å². The summed E-state index contributed by atoms with van der Waals surface area (Å²) in [6.07, 6.45) is 1.47. The van der Waals surface area contributed by atoms with E-state index >= 15 is 0 Å². The SMILES string of the molecule is CC(=O)N(CCc1ccc(Cl)cc1)CC(=O)N1CCN(C=O)CC1. The first-order valence-electron chi connectivity index (χ1n) is 7.96. The molecule has 1 heterocycles. The monoisotopic (exact) mass is 351 g/mol. The molecule has 0 N–H and O–H groups in total. The molecule has 2 rings (SSSR count). The van der Waals surface area contributed by atoms with Gasteiger partial charge in [0.2, 0.25) is 18.2 Å². The molecule has 3 amide bonds. The van der Waals surface area contributed by atoms with Crippen molar-refractivity contribution in [2.75, 3.05) is 39.3 Å². The molecule has 1 fully saturated rings. The fourth-order valence-corrected chi connectivity index (χ4v) is 2.73. The standard InChI is InChI=1S/C17H22ClN3O3/c1-14(23)21(7-6-15-2-4-16(18)5-3-15)12-17(24)20-10-8-19(13-22)9-11-20/h2-5,13H,6-12H2,1H3. The summed E-state index contributed by atoms with van der Waals surface area (Å²) in [5.74, 6) is -0.198. The third-order valence-corrected chi connectivity index (χ3v) is 4.42. The highest BCUT2D eigenvalue weighted by Gasteiger charge is 2.22. The number of benzene rings is 1. The molecule has 6 nitrogen and oxygen atoms in total. The highest BCUT2D eigenvalue weighted by atomic mass is 35.5. The Morgan fingerprint density at radius 1 is 1.17 bits per heavy atom. The van der Waals surface area contributed by atoms with Crippen LogP contribution in [0.1, 0.15) is 12.5 Å². The molecule has 0 aromatic heterocycles. The molecule has 1 aromatic carbocycles. The quantitative estimate of drug-likeness (QED) is 0.719. The lowest BCUT2D eigenvalue weighted by Gasteiger charge is -2.34. The normalized spacial score (nSPS) is 14.4. The van der Waals surface area contributed by atoms with Crippen LogP contribution < -0.4 is 0 Å². The lowest BCUT2D eigenvalue weighted by atomic mass is 10.1. The van der Waals surface area contributed by atoms with E-state index < -0.39 is 0 Å². The van der Waals surface area contributed by atoms with E-state index in [9.17, 15) is 14.4 Å². The van der Waals surface area contributed by atoms with Crippen LogP contribution >= 0.6 is 11.6 Å². The van der Waals surface area contributed by atoms with E-state index in [0.29, 0.717) is 44.2 Å². The van der Waals surface area contributed by atoms with Gasteiger partial charge >= 0.3 is 0 Å². The molecule has 1 aromatic rings. The Kier molecular flexibility index (Phi) is 6.61. The Bertz CT molecular complexity index is 583. The van der Waals surface area contributed by atoms with Crippen molar-refractivity contribution in [2.45, 2.75) is 13.3 Å². The molecule has 0 saturated carbocycles. The third-order valence-electron chi connectivity index (χ3n) is 4.17. The molecule has 0 aliphatic carbocycles. The maximum atomic E-state index is 12.4. The molecule has 0 atom stereocenters. The summed E-state index contributed by atoms with van der Waals surface area (Å²) in [6.45, 7) is 4.14. The first-order valence-corrected chi connectivity index (χ1v) is 8.34. The van der Waals surface area contributed by atoms with Gasteiger partial charge in [-0.2, -0.15) is 0 Å². The van der Waals surface area contributed by atoms with Gasteiger partial charge in [0.1, 0.15) is 0 Å². The minimum absolute atomic E-state index is 0.0734. The number of carbonyl (C=O) groups is 3. The summed E-state index contributed by atoms with van der Waals surface area (Å²) in [7, 11) is 0. The summed E-state index contributed by atoms with van der Waals surface area (Å²) in [4.78, 5) is 39.8. The molecule has 0 spiro atoms. The summed E-state index contributed by atoms with van der Waals surface area (Å²) >= 11 is 5.86. The number of rotatable bonds is 6. The van der Waals surface area contributed by atoms with Gasteiger partial charge in [-0.05, 0) is 24.1 Å². The predicted molar refractivity (Wildman–Crippen MR) is 91.6 cm³/mol. The molecule has 24 heavy (non-hydrogen) atoms. The fraction of sp³-hybridized carbons (Fsp3) is 0.471. The van der Waals surface area contributed by atoms with Gasteiger partial charge in [0, 0.05) is 44.7 Å². The van der Waals surface area contributed by atoms with E-state index in [1.807, 2.05) is 24.3 Å². The van der Waals surface area contributed by atoms with Gasteiger partial charge in [0.25, 0.3) is 0 Å². The molecule has 1 saturated heterocycles. The third kappa shape index (κ3) is 5.23. The fourth-order valence-electron chi connectivity index (χ4n) is 2.60. The Morgan fingerprint density at radius 2 is 1.79 bits per heavy atom. The van der Waals surface area contributed by atoms with Crippen molar-refractivity contribution in [3.63, 3.8) is 0 Å². The van der Waals surface area contributed by atoms with Gasteiger partial charge in [0.05, 0.1) is 6.54 Å². The minimum atomic E-state index is -0.121. The average Bonchev–Trinajstić information content (AvgIpc) is 2.59. The zero-order valence-electron chi connectivity index (χ0n) is 13.8. The summed E-state index contributed by atoms with van der Waals surface area (Å²) < 4.78 is 0. The summed E-state index contributed by atoms with van der Waals surface area (Å²) in [5.41, 5.74) is 1.07. The number of carbonyl (C=O) groups excluding carboxylic acids is 3. The predicted octanol–water partition coefficient (Wildman–Crippen LogP) is 1.03. The van der Waals surface area contributed by atoms with E-state index in [1.54, 1.807) is 14.7 Å². The molecular weight excluding hydrogens is 330 g/mol. The van der Waals surface area contributed by atoms with Crippen LogP contribution in [0, 0.1) is 0 Å². The van der Waals surface area contributed by atoms with Crippen LogP contribution in [-0.4, -0.2) is 72.2 Å². The molecule has 0 bridgehead atoms. The second-order valence-corrected chi connectivity index (χ2v) is 6.28. The van der Waals surface area contributed by atoms with Crippen LogP contribution in [0.3, 0.4) is 0 Å². The first kappa shape index (κ1) is 18.3. The Morgan fingerprint density at radius 3 is 2.33 bits per heavy atom. The van der Waals surface area contributed by atoms with Gasteiger partial charge in [0.15, 0.2) is 0 Å². The number of halogens is 1. The van der Waals surface area contributed by atoms with E-state index in [1.165, 1.54) is 6.92 Å². The van der Waals surface area contributed by atoms with Crippen LogP contribution in [0.25, 0.3) is 0 Å². The second kappa shape index (κ2) is 8.68. The smallest absolute Gasteiger partial charge is 0.242 e. The number of amides is 3. The van der Waals surface area contributed by atoms with E-state index in [0.717, 1.165) is 12.0 Å². The van der Waals surface area contributed by atoms with Crippen molar-refractivity contribution in [3.05, 3.63) is 34.9 Å². The van der Waals surface area contributed by atoms with E-state index in [-0.39, 0.29) is 18.4 Å². The first-order chi connectivity index (χ1) is 11.5. The molecule has 1 aliphatic rings. The molecule has 130 valence electrons. The van der Waals surface area contributed by atoms with Crippen LogP contribution in [0.2, 0.25) is 5.02 Å². The van der Waals surface area contributed by atoms with Crippen LogP contribution in [0.5, 0.6) is 0 Å². The topological polar surface area (TPSA) is 60.9 Å². The van der Waals surface area contributed by atoms with Crippen molar-refractivity contribution < 1.29 is 14.4 Å². The maximum Gasteiger partial charge on any atom is 0.242 e. The number of nitrogens with zero attached hydrogens (tertiary/aromatic N) is 3. The molecule has 0 radical (unpaired) electrons. The van der Waals surface area contributed by atoms with Crippen molar-refractivity contribution in [2.24, 2.45) is 0 Å². The van der Waals surface area contributed by atoms with Crippen LogP contribution in [0.4, 0.5) is 0 Å². The summed E-state index contributed by atoms with van der Waals surface area (Å²) in [6, 6.07) is 7.46. The maximum absolute atomic E-state index is 12.4. The number of hydrogen-bond donors (Lipinski definition) is 0. The summed E-state index contributed by atoms with van der Waals surface area (Å²) in [5, 5.41) is 0.673. The zero-order valence-corrected chi connectivity index (χ0v) is 14.5. The van der Waals surface area contributed by atoms with Crippen LogP contribution in [0.15, 0.2) is 24.3 Å². The Labute approximate surface area is 147 Å². The lowest BCUT2D eigenvalue weighted by molar-refractivity contribution is -0.141. The van der Waals surface area contributed by atoms with Gasteiger partial charge in [-0.15, -0.1) is 0 Å². The van der Waals surface area contributed by atoms with Crippen molar-refractivity contribution >= 4 is 29.8 Å². The molecular formula is C17H22ClN3O3. The minimum Gasteiger partial charge on any atom is -0.342 e. The van der Waals surface area contributed by atoms with Crippen molar-refractivity contribution in [1.29, 1.82) is 0 Å². The number of hydrogen-bond acceptors (Lipinski definition) is 3. The zero-order chi connectivity index (χ0) is 17.5. The highest BCUT2D eigenvalue weighted by Crippen LogP contribution is 2.10. The molecule has 0 unspecified atom stereocenters. The van der Waals surface area contributed by atoms with Gasteiger partial charge in [-0.25, -0.2) is 0 Å². The van der Waals surface area contributed by atoms with Gasteiger partial charge < -0.3 is 14.7 Å². The van der Waals surface area contributed by atoms with Crippen molar-refractivity contribution in [1.82, 2.24) is 14.7 Å². The van der Waals surface area contributed by atoms with Gasteiger partial charge in [-0.1, -0.05) is 23.7 Å². The molecule has 7 heteroatoms. The van der Waals surface area contributed by atoms with E-state index in [2.05, 4.69) is 0 Å². The number of piperazine rings is 1. The molecule has 1 aliphatic heterocycles. The lowest BCUT2D eigenvalue weighted by Crippen LogP contribution is -2.51. The second-order valence-electron chi connectivity index (χ2n) is 5.84.